The Bertz CT molecular complexity index is 1220. The minimum Gasteiger partial charge on any atom is -0.489 e. The number of pyridine rings is 3. The summed E-state index contributed by atoms with van der Waals surface area (Å²) in [5, 5.41) is 7.29. The SMILES string of the molecule is CN=CC(=CN)NNC(=O)Nc1cc2cc(-c3cncc4c3OCCN4)nc(N)c2cn1. The fourth-order valence-corrected chi connectivity index (χ4v) is 3.16. The van der Waals surface area contributed by atoms with Crippen molar-refractivity contribution in [3.63, 3.8) is 0 Å². The second-order valence-corrected chi connectivity index (χ2v) is 6.74. The average Bonchev–Trinajstić information content (AvgIpc) is 2.81. The van der Waals surface area contributed by atoms with Gasteiger partial charge in [-0.15, -0.1) is 0 Å². The summed E-state index contributed by atoms with van der Waals surface area (Å²) in [7, 11) is 1.59. The lowest BCUT2D eigenvalue weighted by atomic mass is 10.1. The molecule has 12 heteroatoms. The van der Waals surface area contributed by atoms with Crippen LogP contribution < -0.4 is 37.7 Å². The van der Waals surface area contributed by atoms with E-state index in [4.69, 9.17) is 16.2 Å². The van der Waals surface area contributed by atoms with Crippen LogP contribution in [0.25, 0.3) is 22.0 Å². The van der Waals surface area contributed by atoms with E-state index in [9.17, 15) is 4.79 Å². The number of rotatable bonds is 5. The molecule has 32 heavy (non-hydrogen) atoms. The standard InChI is InChI=1S/C20H22N10O2/c1-23-7-12(6-21)29-30-20(31)28-17-5-11-4-15(27-19(22)13(11)9-26-17)14-8-24-10-16-18(14)32-3-2-25-16/h4-10,25,29H,2-3,21H2,1H3,(H2,22,27)(H2,26,28,30,31). The highest BCUT2D eigenvalue weighted by molar-refractivity contribution is 5.97. The van der Waals surface area contributed by atoms with Crippen molar-refractivity contribution in [3.05, 3.63) is 42.6 Å². The van der Waals surface area contributed by atoms with Crippen LogP contribution in [-0.2, 0) is 0 Å². The first-order valence-electron chi connectivity index (χ1n) is 9.67. The van der Waals surface area contributed by atoms with Crippen molar-refractivity contribution in [3.8, 4) is 17.0 Å². The maximum absolute atomic E-state index is 12.2. The Labute approximate surface area is 183 Å². The summed E-state index contributed by atoms with van der Waals surface area (Å²) in [4.78, 5) is 29.0. The number of nitrogens with two attached hydrogens (primary N) is 2. The van der Waals surface area contributed by atoms with Crippen LogP contribution >= 0.6 is 0 Å². The van der Waals surface area contributed by atoms with E-state index >= 15 is 0 Å². The molecule has 1 aliphatic rings. The number of carbonyl (C=O) groups excluding carboxylic acids is 1. The van der Waals surface area contributed by atoms with Gasteiger partial charge in [-0.3, -0.25) is 26.1 Å². The van der Waals surface area contributed by atoms with E-state index in [1.54, 1.807) is 31.7 Å². The van der Waals surface area contributed by atoms with Crippen molar-refractivity contribution in [1.82, 2.24) is 25.8 Å². The van der Waals surface area contributed by atoms with Crippen molar-refractivity contribution in [1.29, 1.82) is 0 Å². The number of aromatic nitrogens is 3. The summed E-state index contributed by atoms with van der Waals surface area (Å²) in [6.07, 6.45) is 7.67. The van der Waals surface area contributed by atoms with E-state index in [1.165, 1.54) is 12.4 Å². The summed E-state index contributed by atoms with van der Waals surface area (Å²) in [5.41, 5.74) is 19.3. The molecule has 0 unspecified atom stereocenters. The Morgan fingerprint density at radius 3 is 2.97 bits per heavy atom. The number of hydrogen-bond donors (Lipinski definition) is 6. The van der Waals surface area contributed by atoms with Crippen molar-refractivity contribution < 1.29 is 9.53 Å². The van der Waals surface area contributed by atoms with Gasteiger partial charge in [0.1, 0.15) is 18.2 Å². The van der Waals surface area contributed by atoms with Crippen LogP contribution in [0.5, 0.6) is 5.75 Å². The molecule has 0 atom stereocenters. The lowest BCUT2D eigenvalue weighted by Gasteiger charge is -2.21. The van der Waals surface area contributed by atoms with Crippen LogP contribution in [0.4, 0.5) is 22.1 Å². The average molecular weight is 434 g/mol. The third-order valence-electron chi connectivity index (χ3n) is 4.59. The highest BCUT2D eigenvalue weighted by Crippen LogP contribution is 2.38. The summed E-state index contributed by atoms with van der Waals surface area (Å²) in [6.45, 7) is 1.25. The van der Waals surface area contributed by atoms with Crippen LogP contribution in [0.15, 0.2) is 47.6 Å². The predicted octanol–water partition coefficient (Wildman–Crippen LogP) is 1.21. The Morgan fingerprint density at radius 2 is 2.16 bits per heavy atom. The van der Waals surface area contributed by atoms with Gasteiger partial charge in [-0.05, 0) is 17.5 Å². The van der Waals surface area contributed by atoms with Gasteiger partial charge in [-0.1, -0.05) is 0 Å². The zero-order chi connectivity index (χ0) is 22.5. The summed E-state index contributed by atoms with van der Waals surface area (Å²) >= 11 is 0. The van der Waals surface area contributed by atoms with E-state index < -0.39 is 6.03 Å². The van der Waals surface area contributed by atoms with E-state index in [1.807, 2.05) is 6.07 Å². The predicted molar refractivity (Wildman–Crippen MR) is 123 cm³/mol. The summed E-state index contributed by atoms with van der Waals surface area (Å²) < 4.78 is 5.82. The lowest BCUT2D eigenvalue weighted by Crippen LogP contribution is -2.40. The van der Waals surface area contributed by atoms with Crippen LogP contribution in [0.2, 0.25) is 0 Å². The molecule has 0 bridgehead atoms. The summed E-state index contributed by atoms with van der Waals surface area (Å²) in [6, 6.07) is 3.01. The molecule has 8 N–H and O–H groups in total. The maximum atomic E-state index is 12.2. The number of hydrazine groups is 1. The second kappa shape index (κ2) is 9.04. The number of nitrogen functional groups attached to an aromatic ring is 1. The zero-order valence-corrected chi connectivity index (χ0v) is 17.2. The maximum Gasteiger partial charge on any atom is 0.339 e. The van der Waals surface area contributed by atoms with Gasteiger partial charge in [0, 0.05) is 43.8 Å². The lowest BCUT2D eigenvalue weighted by molar-refractivity contribution is 0.249. The van der Waals surface area contributed by atoms with Crippen LogP contribution in [0, 0.1) is 0 Å². The van der Waals surface area contributed by atoms with Gasteiger partial charge in [0.15, 0.2) is 5.75 Å². The fraction of sp³-hybridized carbons (Fsp3) is 0.150. The van der Waals surface area contributed by atoms with Crippen LogP contribution in [0.3, 0.4) is 0 Å². The number of hydrogen-bond acceptors (Lipinski definition) is 10. The van der Waals surface area contributed by atoms with E-state index in [0.717, 1.165) is 16.6 Å². The Kier molecular flexibility index (Phi) is 5.83. The highest BCUT2D eigenvalue weighted by Gasteiger charge is 2.18. The van der Waals surface area contributed by atoms with Crippen LogP contribution in [-0.4, -0.2) is 47.4 Å². The van der Waals surface area contributed by atoms with Crippen molar-refractivity contribution in [2.75, 3.05) is 36.6 Å². The Hall–Kier alpha value is -4.61. The van der Waals surface area contributed by atoms with Crippen LogP contribution in [0.1, 0.15) is 0 Å². The third kappa shape index (κ3) is 4.28. The Morgan fingerprint density at radius 1 is 1.28 bits per heavy atom. The number of amides is 2. The first kappa shape index (κ1) is 20.7. The van der Waals surface area contributed by atoms with E-state index in [0.29, 0.717) is 47.3 Å². The quantitative estimate of drug-likeness (QED) is 0.254. The molecule has 12 nitrogen and oxygen atoms in total. The number of urea groups is 1. The fourth-order valence-electron chi connectivity index (χ4n) is 3.16. The number of carbonyl (C=O) groups is 1. The molecule has 0 fully saturated rings. The summed E-state index contributed by atoms with van der Waals surface area (Å²) in [5.74, 6) is 1.30. The first-order chi connectivity index (χ1) is 15.6. The number of nitrogens with one attached hydrogen (secondary N) is 4. The number of aliphatic imine (C=N–C) groups is 1. The molecule has 2 amide bonds. The first-order valence-corrected chi connectivity index (χ1v) is 9.67. The monoisotopic (exact) mass is 434 g/mol. The zero-order valence-electron chi connectivity index (χ0n) is 17.2. The molecule has 1 aliphatic heterocycles. The molecule has 0 saturated carbocycles. The number of fused-ring (bicyclic) bond motifs is 2. The van der Waals surface area contributed by atoms with Gasteiger partial charge < -0.3 is 21.5 Å². The molecule has 0 aromatic carbocycles. The van der Waals surface area contributed by atoms with Gasteiger partial charge in [-0.2, -0.15) is 0 Å². The van der Waals surface area contributed by atoms with Gasteiger partial charge in [0.05, 0.1) is 28.8 Å². The Balaban J connectivity index is 1.60. The topological polar surface area (TPSA) is 177 Å². The van der Waals surface area contributed by atoms with Gasteiger partial charge in [0.2, 0.25) is 0 Å². The molecule has 0 saturated heterocycles. The molecule has 0 aliphatic carbocycles. The number of ether oxygens (including phenoxy) is 1. The van der Waals surface area contributed by atoms with E-state index in [-0.39, 0.29) is 0 Å². The molecule has 0 radical (unpaired) electrons. The smallest absolute Gasteiger partial charge is 0.339 e. The van der Waals surface area contributed by atoms with Gasteiger partial charge >= 0.3 is 6.03 Å². The molecule has 0 spiro atoms. The molecular weight excluding hydrogens is 412 g/mol. The molecule has 3 aromatic heterocycles. The normalized spacial score (nSPS) is 13.2. The minimum absolute atomic E-state index is 0.306. The highest BCUT2D eigenvalue weighted by atomic mass is 16.5. The van der Waals surface area contributed by atoms with Crippen molar-refractivity contribution >= 4 is 40.3 Å². The number of nitrogens with zero attached hydrogens (tertiary/aromatic N) is 4. The number of anilines is 3. The molecular formula is C20H22N10O2. The molecule has 164 valence electrons. The molecule has 4 rings (SSSR count). The molecule has 4 heterocycles. The number of allylic oxidation sites excluding steroid dienone is 1. The van der Waals surface area contributed by atoms with Crippen molar-refractivity contribution in [2.45, 2.75) is 0 Å². The van der Waals surface area contributed by atoms with Crippen molar-refractivity contribution in [2.24, 2.45) is 10.7 Å². The van der Waals surface area contributed by atoms with E-state index in [2.05, 4.69) is 41.4 Å². The second-order valence-electron chi connectivity index (χ2n) is 6.74. The van der Waals surface area contributed by atoms with Gasteiger partial charge in [-0.25, -0.2) is 14.8 Å². The largest absolute Gasteiger partial charge is 0.489 e. The minimum atomic E-state index is -0.538. The van der Waals surface area contributed by atoms with Gasteiger partial charge in [0.25, 0.3) is 0 Å². The third-order valence-corrected chi connectivity index (χ3v) is 4.59. The molecule has 3 aromatic rings.